The molecule has 0 unspecified atom stereocenters. The summed E-state index contributed by atoms with van der Waals surface area (Å²) < 4.78 is 11.1. The normalized spacial score (nSPS) is 10.4. The van der Waals surface area contributed by atoms with Crippen LogP contribution in [-0.4, -0.2) is 24.3 Å². The van der Waals surface area contributed by atoms with Gasteiger partial charge in [-0.1, -0.05) is 60.1 Å². The van der Waals surface area contributed by atoms with E-state index in [9.17, 15) is 14.4 Å². The second-order valence-corrected chi connectivity index (χ2v) is 8.56. The Hall–Kier alpha value is -4.42. The van der Waals surface area contributed by atoms with Crippen molar-refractivity contribution in [3.8, 4) is 22.6 Å². The van der Waals surface area contributed by atoms with Gasteiger partial charge in [-0.25, -0.2) is 0 Å². The minimum absolute atomic E-state index is 0.0727. The molecular weight excluding hydrogens is 490 g/mol. The largest absolute Gasteiger partial charge is 0.457 e. The molecule has 4 aromatic carbocycles. The molecule has 1 amide bonds. The fraction of sp³-hybridized carbons (Fsp3) is 0.100. The van der Waals surface area contributed by atoms with E-state index in [0.29, 0.717) is 22.0 Å². The molecule has 0 atom stereocenters. The summed E-state index contributed by atoms with van der Waals surface area (Å²) in [5.41, 5.74) is 2.99. The van der Waals surface area contributed by atoms with Crippen molar-refractivity contribution >= 4 is 34.9 Å². The molecule has 1 N–H and O–H groups in total. The number of carbonyl (C=O) groups excluding carboxylic acids is 3. The Morgan fingerprint density at radius 3 is 2.14 bits per heavy atom. The summed E-state index contributed by atoms with van der Waals surface area (Å²) in [6.45, 7) is -0.392. The average molecular weight is 514 g/mol. The van der Waals surface area contributed by atoms with Gasteiger partial charge >= 0.3 is 5.97 Å². The summed E-state index contributed by atoms with van der Waals surface area (Å²) >= 11 is 5.80. The van der Waals surface area contributed by atoms with E-state index in [1.54, 1.807) is 48.5 Å². The van der Waals surface area contributed by atoms with Gasteiger partial charge in [0.2, 0.25) is 5.91 Å². The van der Waals surface area contributed by atoms with Gasteiger partial charge in [-0.3, -0.25) is 14.4 Å². The molecule has 0 saturated heterocycles. The van der Waals surface area contributed by atoms with Gasteiger partial charge in [-0.2, -0.15) is 0 Å². The van der Waals surface area contributed by atoms with Gasteiger partial charge in [-0.05, 0) is 60.2 Å². The van der Waals surface area contributed by atoms with Gasteiger partial charge in [0.05, 0.1) is 6.42 Å². The number of benzene rings is 4. The lowest BCUT2D eigenvalue weighted by molar-refractivity contribution is -0.143. The zero-order chi connectivity index (χ0) is 26.0. The lowest BCUT2D eigenvalue weighted by Gasteiger charge is -2.12. The van der Waals surface area contributed by atoms with Crippen LogP contribution in [0.25, 0.3) is 11.1 Å². The lowest BCUT2D eigenvalue weighted by Crippen LogP contribution is -2.17. The Kier molecular flexibility index (Phi) is 8.68. The highest BCUT2D eigenvalue weighted by atomic mass is 35.5. The molecule has 0 aliphatic carbocycles. The summed E-state index contributed by atoms with van der Waals surface area (Å²) in [5, 5.41) is 3.25. The minimum Gasteiger partial charge on any atom is -0.457 e. The molecule has 4 aromatic rings. The van der Waals surface area contributed by atoms with E-state index >= 15 is 0 Å². The number of halogens is 1. The second kappa shape index (κ2) is 12.5. The predicted molar refractivity (Wildman–Crippen MR) is 143 cm³/mol. The van der Waals surface area contributed by atoms with Crippen molar-refractivity contribution in [1.82, 2.24) is 0 Å². The van der Waals surface area contributed by atoms with E-state index in [4.69, 9.17) is 21.1 Å². The van der Waals surface area contributed by atoms with Crippen LogP contribution in [0.4, 0.5) is 5.69 Å². The van der Waals surface area contributed by atoms with Crippen LogP contribution < -0.4 is 10.1 Å². The van der Waals surface area contributed by atoms with Crippen LogP contribution in [0.5, 0.6) is 11.5 Å². The molecule has 4 rings (SSSR count). The Morgan fingerprint density at radius 1 is 0.730 bits per heavy atom. The molecule has 6 nitrogen and oxygen atoms in total. The maximum Gasteiger partial charge on any atom is 0.306 e. The molecule has 37 heavy (non-hydrogen) atoms. The third-order valence-electron chi connectivity index (χ3n) is 5.42. The quantitative estimate of drug-likeness (QED) is 0.183. The van der Waals surface area contributed by atoms with Crippen LogP contribution in [0.1, 0.15) is 23.2 Å². The molecule has 0 saturated carbocycles. The molecule has 186 valence electrons. The first-order valence-electron chi connectivity index (χ1n) is 11.6. The Labute approximate surface area is 219 Å². The van der Waals surface area contributed by atoms with Crippen molar-refractivity contribution in [2.24, 2.45) is 0 Å². The van der Waals surface area contributed by atoms with Crippen LogP contribution >= 0.6 is 11.6 Å². The van der Waals surface area contributed by atoms with Crippen molar-refractivity contribution in [3.05, 3.63) is 114 Å². The van der Waals surface area contributed by atoms with E-state index in [0.717, 1.165) is 16.9 Å². The summed E-state index contributed by atoms with van der Waals surface area (Å²) in [4.78, 5) is 36.3. The Morgan fingerprint density at radius 2 is 1.41 bits per heavy atom. The van der Waals surface area contributed by atoms with E-state index in [1.165, 1.54) is 0 Å². The summed E-state index contributed by atoms with van der Waals surface area (Å²) in [7, 11) is 0. The molecule has 0 radical (unpaired) electrons. The highest BCUT2D eigenvalue weighted by molar-refractivity contribution is 6.30. The first-order chi connectivity index (χ1) is 18.0. The Bertz CT molecular complexity index is 1370. The topological polar surface area (TPSA) is 81.7 Å². The number of ketones is 1. The maximum absolute atomic E-state index is 12.3. The number of Topliss-reactive ketones (excluding diaryl/α,β-unsaturated/α-hetero) is 1. The highest BCUT2D eigenvalue weighted by Crippen LogP contribution is 2.33. The van der Waals surface area contributed by atoms with Gasteiger partial charge in [-0.15, -0.1) is 0 Å². The molecule has 0 fully saturated rings. The number of hydrogen-bond acceptors (Lipinski definition) is 5. The SMILES string of the molecule is O=C(CCC(=O)OCC(=O)c1ccc(Cl)cc1)Nc1ccc(Oc2ccccc2-c2ccccc2)cc1. The number of amides is 1. The van der Waals surface area contributed by atoms with Gasteiger partial charge in [0.25, 0.3) is 0 Å². The first-order valence-corrected chi connectivity index (χ1v) is 12.0. The number of rotatable bonds is 10. The van der Waals surface area contributed by atoms with Crippen molar-refractivity contribution in [1.29, 1.82) is 0 Å². The van der Waals surface area contributed by atoms with E-state index in [-0.39, 0.29) is 24.5 Å². The zero-order valence-corrected chi connectivity index (χ0v) is 20.6. The van der Waals surface area contributed by atoms with Gasteiger partial charge in [0, 0.05) is 28.3 Å². The number of hydrogen-bond donors (Lipinski definition) is 1. The summed E-state index contributed by atoms with van der Waals surface area (Å²) in [5.74, 6) is 0.0272. The molecule has 0 heterocycles. The number of ether oxygens (including phenoxy) is 2. The lowest BCUT2D eigenvalue weighted by atomic mass is 10.1. The highest BCUT2D eigenvalue weighted by Gasteiger charge is 2.13. The summed E-state index contributed by atoms with van der Waals surface area (Å²) in [6.07, 6.45) is -0.214. The molecule has 0 aromatic heterocycles. The molecule has 0 aliphatic rings. The van der Waals surface area contributed by atoms with Crippen LogP contribution in [0.15, 0.2) is 103 Å². The second-order valence-electron chi connectivity index (χ2n) is 8.13. The minimum atomic E-state index is -0.627. The third kappa shape index (κ3) is 7.53. The standard InChI is InChI=1S/C30H24ClNO5/c31-23-12-10-22(11-13-23)27(33)20-36-30(35)19-18-29(34)32-24-14-16-25(17-15-24)37-28-9-5-4-8-26(28)21-6-2-1-3-7-21/h1-17H,18-20H2,(H,32,34). The van der Waals surface area contributed by atoms with Crippen LogP contribution in [0.2, 0.25) is 5.02 Å². The van der Waals surface area contributed by atoms with E-state index < -0.39 is 12.6 Å². The fourth-order valence-corrected chi connectivity index (χ4v) is 3.65. The van der Waals surface area contributed by atoms with Crippen LogP contribution in [-0.2, 0) is 14.3 Å². The van der Waals surface area contributed by atoms with Crippen molar-refractivity contribution in [2.75, 3.05) is 11.9 Å². The molecule has 7 heteroatoms. The smallest absolute Gasteiger partial charge is 0.306 e. The average Bonchev–Trinajstić information content (AvgIpc) is 2.93. The van der Waals surface area contributed by atoms with Gasteiger partial charge < -0.3 is 14.8 Å². The number of para-hydroxylation sites is 1. The van der Waals surface area contributed by atoms with Gasteiger partial charge in [0.1, 0.15) is 11.5 Å². The fourth-order valence-electron chi connectivity index (χ4n) is 3.52. The summed E-state index contributed by atoms with van der Waals surface area (Å²) in [6, 6.07) is 31.0. The zero-order valence-electron chi connectivity index (χ0n) is 19.9. The van der Waals surface area contributed by atoms with Crippen molar-refractivity contribution in [2.45, 2.75) is 12.8 Å². The first kappa shape index (κ1) is 25.7. The number of esters is 1. The van der Waals surface area contributed by atoms with Crippen molar-refractivity contribution < 1.29 is 23.9 Å². The van der Waals surface area contributed by atoms with Gasteiger partial charge in [0.15, 0.2) is 12.4 Å². The molecule has 0 bridgehead atoms. The number of anilines is 1. The molecule has 0 spiro atoms. The number of nitrogens with one attached hydrogen (secondary N) is 1. The molecule has 0 aliphatic heterocycles. The van der Waals surface area contributed by atoms with Crippen LogP contribution in [0.3, 0.4) is 0 Å². The predicted octanol–water partition coefficient (Wildman–Crippen LogP) is 6.94. The monoisotopic (exact) mass is 513 g/mol. The third-order valence-corrected chi connectivity index (χ3v) is 5.68. The maximum atomic E-state index is 12.3. The molecular formula is C30H24ClNO5. The van der Waals surface area contributed by atoms with Crippen LogP contribution in [0, 0.1) is 0 Å². The van der Waals surface area contributed by atoms with Crippen molar-refractivity contribution in [3.63, 3.8) is 0 Å². The van der Waals surface area contributed by atoms with E-state index in [2.05, 4.69) is 5.32 Å². The Balaban J connectivity index is 1.24. The van der Waals surface area contributed by atoms with E-state index in [1.807, 2.05) is 54.6 Å². The number of carbonyl (C=O) groups is 3.